The highest BCUT2D eigenvalue weighted by atomic mass is 16.4. The molecule has 1 aliphatic heterocycles. The number of anilines is 1. The number of rotatable bonds is 2. The van der Waals surface area contributed by atoms with Crippen LogP contribution in [-0.4, -0.2) is 35.5 Å². The molecule has 6 heteroatoms. The molecule has 0 radical (unpaired) electrons. The fourth-order valence-corrected chi connectivity index (χ4v) is 2.08. The molecule has 0 saturated carbocycles. The highest BCUT2D eigenvalue weighted by Gasteiger charge is 2.32. The van der Waals surface area contributed by atoms with Crippen LogP contribution in [0, 0.1) is 6.92 Å². The fourth-order valence-electron chi connectivity index (χ4n) is 2.08. The molecule has 1 fully saturated rings. The second-order valence-corrected chi connectivity index (χ2v) is 4.54. The summed E-state index contributed by atoms with van der Waals surface area (Å²) >= 11 is 0. The van der Waals surface area contributed by atoms with Crippen molar-refractivity contribution >= 4 is 23.5 Å². The van der Waals surface area contributed by atoms with Gasteiger partial charge < -0.3 is 10.0 Å². The first-order valence-electron chi connectivity index (χ1n) is 5.84. The van der Waals surface area contributed by atoms with E-state index in [9.17, 15) is 19.5 Å². The Bertz CT molecular complexity index is 568. The van der Waals surface area contributed by atoms with Crippen LogP contribution in [0.4, 0.5) is 5.69 Å². The smallest absolute Gasteiger partial charge is 0.337 e. The van der Waals surface area contributed by atoms with Gasteiger partial charge in [0, 0.05) is 0 Å². The molecule has 0 spiro atoms. The van der Waals surface area contributed by atoms with Crippen LogP contribution >= 0.6 is 0 Å². The van der Waals surface area contributed by atoms with E-state index in [0.29, 0.717) is 5.69 Å². The number of hydrogen-bond donors (Lipinski definition) is 2. The Morgan fingerprint density at radius 1 is 1.42 bits per heavy atom. The topological polar surface area (TPSA) is 86.7 Å². The van der Waals surface area contributed by atoms with E-state index in [1.165, 1.54) is 11.0 Å². The van der Waals surface area contributed by atoms with Gasteiger partial charge in [0.15, 0.2) is 0 Å². The molecule has 2 rings (SSSR count). The zero-order valence-corrected chi connectivity index (χ0v) is 10.6. The molecule has 19 heavy (non-hydrogen) atoms. The van der Waals surface area contributed by atoms with E-state index >= 15 is 0 Å². The molecule has 1 aliphatic rings. The van der Waals surface area contributed by atoms with Gasteiger partial charge in [-0.1, -0.05) is 11.6 Å². The number of imide groups is 1. The molecular formula is C13H14N2O4. The van der Waals surface area contributed by atoms with Gasteiger partial charge in [-0.25, -0.2) is 4.79 Å². The van der Waals surface area contributed by atoms with Gasteiger partial charge >= 0.3 is 5.97 Å². The SMILES string of the molecule is Cc1ccc(N2CC(=O)NC(=O)C2C)c(C(=O)O)c1. The summed E-state index contributed by atoms with van der Waals surface area (Å²) in [5.74, 6) is -1.93. The molecule has 1 saturated heterocycles. The molecule has 2 amide bonds. The number of piperazine rings is 1. The standard InChI is InChI=1S/C13H14N2O4/c1-7-3-4-10(9(5-7)13(18)19)15-6-11(16)14-12(17)8(15)2/h3-5,8H,6H2,1-2H3,(H,18,19)(H,14,16,17). The Kier molecular flexibility index (Phi) is 3.25. The van der Waals surface area contributed by atoms with Gasteiger partial charge in [-0.15, -0.1) is 0 Å². The second kappa shape index (κ2) is 4.72. The number of carboxylic acid groups (broad SMARTS) is 1. The van der Waals surface area contributed by atoms with E-state index in [1.54, 1.807) is 26.0 Å². The van der Waals surface area contributed by atoms with Gasteiger partial charge in [0.1, 0.15) is 6.04 Å². The van der Waals surface area contributed by atoms with Gasteiger partial charge in [-0.05, 0) is 26.0 Å². The molecule has 0 aliphatic carbocycles. The number of amides is 2. The van der Waals surface area contributed by atoms with Crippen molar-refractivity contribution in [2.75, 3.05) is 11.4 Å². The molecule has 0 bridgehead atoms. The van der Waals surface area contributed by atoms with Crippen molar-refractivity contribution in [1.29, 1.82) is 0 Å². The van der Waals surface area contributed by atoms with Crippen LogP contribution in [0.3, 0.4) is 0 Å². The second-order valence-electron chi connectivity index (χ2n) is 4.54. The number of nitrogens with one attached hydrogen (secondary N) is 1. The normalized spacial score (nSPS) is 19.3. The third kappa shape index (κ3) is 2.42. The summed E-state index contributed by atoms with van der Waals surface area (Å²) in [4.78, 5) is 35.8. The highest BCUT2D eigenvalue weighted by Crippen LogP contribution is 2.25. The zero-order chi connectivity index (χ0) is 14.2. The van der Waals surface area contributed by atoms with Gasteiger partial charge in [0.05, 0.1) is 17.8 Å². The van der Waals surface area contributed by atoms with Gasteiger partial charge in [0.2, 0.25) is 11.8 Å². The maximum absolute atomic E-state index is 11.6. The molecule has 100 valence electrons. The lowest BCUT2D eigenvalue weighted by Crippen LogP contribution is -2.57. The van der Waals surface area contributed by atoms with Crippen molar-refractivity contribution in [3.05, 3.63) is 29.3 Å². The largest absolute Gasteiger partial charge is 0.478 e. The summed E-state index contributed by atoms with van der Waals surface area (Å²) in [6.07, 6.45) is 0. The first-order valence-corrected chi connectivity index (χ1v) is 5.84. The number of aromatic carboxylic acids is 1. The van der Waals surface area contributed by atoms with Crippen LogP contribution in [-0.2, 0) is 9.59 Å². The predicted octanol–water partition coefficient (Wildman–Crippen LogP) is 0.545. The van der Waals surface area contributed by atoms with E-state index in [4.69, 9.17) is 0 Å². The number of carbonyl (C=O) groups is 3. The van der Waals surface area contributed by atoms with Crippen LogP contribution in [0.15, 0.2) is 18.2 Å². The number of carboxylic acids is 1. The van der Waals surface area contributed by atoms with E-state index in [1.807, 2.05) is 0 Å². The summed E-state index contributed by atoms with van der Waals surface area (Å²) in [5.41, 5.74) is 1.28. The van der Waals surface area contributed by atoms with Crippen LogP contribution in [0.25, 0.3) is 0 Å². The van der Waals surface area contributed by atoms with Gasteiger partial charge in [0.25, 0.3) is 0 Å². The summed E-state index contributed by atoms with van der Waals surface area (Å²) in [6, 6.07) is 4.33. The Balaban J connectivity index is 2.48. The zero-order valence-electron chi connectivity index (χ0n) is 10.6. The summed E-state index contributed by atoms with van der Waals surface area (Å²) < 4.78 is 0. The van der Waals surface area contributed by atoms with E-state index in [0.717, 1.165) is 5.56 Å². The molecule has 2 N–H and O–H groups in total. The predicted molar refractivity (Wildman–Crippen MR) is 68.1 cm³/mol. The Hall–Kier alpha value is -2.37. The number of benzene rings is 1. The Labute approximate surface area is 110 Å². The van der Waals surface area contributed by atoms with E-state index in [2.05, 4.69) is 5.32 Å². The van der Waals surface area contributed by atoms with E-state index < -0.39 is 23.8 Å². The lowest BCUT2D eigenvalue weighted by Gasteiger charge is -2.34. The van der Waals surface area contributed by atoms with Crippen LogP contribution < -0.4 is 10.2 Å². The number of carbonyl (C=O) groups excluding carboxylic acids is 2. The fraction of sp³-hybridized carbons (Fsp3) is 0.308. The van der Waals surface area contributed by atoms with Gasteiger partial charge in [-0.2, -0.15) is 0 Å². The summed E-state index contributed by atoms with van der Waals surface area (Å²) in [6.45, 7) is 3.39. The Morgan fingerprint density at radius 2 is 2.11 bits per heavy atom. The van der Waals surface area contributed by atoms with Crippen molar-refractivity contribution in [3.63, 3.8) is 0 Å². The first-order chi connectivity index (χ1) is 8.90. The van der Waals surface area contributed by atoms with Crippen LogP contribution in [0.5, 0.6) is 0 Å². The van der Waals surface area contributed by atoms with Gasteiger partial charge in [-0.3, -0.25) is 14.9 Å². The molecule has 1 unspecified atom stereocenters. The average Bonchev–Trinajstić information content (AvgIpc) is 2.34. The molecular weight excluding hydrogens is 248 g/mol. The number of hydrogen-bond acceptors (Lipinski definition) is 4. The minimum Gasteiger partial charge on any atom is -0.478 e. The molecule has 1 heterocycles. The van der Waals surface area contributed by atoms with Crippen molar-refractivity contribution in [1.82, 2.24) is 5.32 Å². The number of aryl methyl sites for hydroxylation is 1. The average molecular weight is 262 g/mol. The van der Waals surface area contributed by atoms with Crippen molar-refractivity contribution in [2.24, 2.45) is 0 Å². The third-order valence-electron chi connectivity index (χ3n) is 3.12. The summed E-state index contributed by atoms with van der Waals surface area (Å²) in [7, 11) is 0. The monoisotopic (exact) mass is 262 g/mol. The maximum atomic E-state index is 11.6. The lowest BCUT2D eigenvalue weighted by atomic mass is 10.1. The molecule has 1 aromatic carbocycles. The Morgan fingerprint density at radius 3 is 2.74 bits per heavy atom. The minimum atomic E-state index is -1.08. The number of nitrogens with zero attached hydrogens (tertiary/aromatic N) is 1. The van der Waals surface area contributed by atoms with Crippen molar-refractivity contribution in [2.45, 2.75) is 19.9 Å². The van der Waals surface area contributed by atoms with Crippen LogP contribution in [0.2, 0.25) is 0 Å². The molecule has 1 aromatic rings. The molecule has 1 atom stereocenters. The van der Waals surface area contributed by atoms with Crippen molar-refractivity contribution < 1.29 is 19.5 Å². The van der Waals surface area contributed by atoms with E-state index in [-0.39, 0.29) is 12.1 Å². The lowest BCUT2D eigenvalue weighted by molar-refractivity contribution is -0.132. The summed E-state index contributed by atoms with van der Waals surface area (Å²) in [5, 5.41) is 11.4. The van der Waals surface area contributed by atoms with Crippen LogP contribution in [0.1, 0.15) is 22.8 Å². The molecule has 0 aromatic heterocycles. The minimum absolute atomic E-state index is 0.0315. The first kappa shape index (κ1) is 13.1. The molecule has 6 nitrogen and oxygen atoms in total. The highest BCUT2D eigenvalue weighted by molar-refractivity contribution is 6.06. The quantitative estimate of drug-likeness (QED) is 0.760. The maximum Gasteiger partial charge on any atom is 0.337 e. The third-order valence-corrected chi connectivity index (χ3v) is 3.12. The van der Waals surface area contributed by atoms with Crippen molar-refractivity contribution in [3.8, 4) is 0 Å².